The Labute approximate surface area is 124 Å². The van der Waals surface area contributed by atoms with Crippen LogP contribution in [0.25, 0.3) is 0 Å². The maximum atomic E-state index is 11.8. The lowest BCUT2D eigenvalue weighted by Gasteiger charge is -2.20. The fourth-order valence-corrected chi connectivity index (χ4v) is 1.66. The van der Waals surface area contributed by atoms with Crippen LogP contribution in [0.5, 0.6) is 0 Å². The van der Waals surface area contributed by atoms with E-state index in [0.29, 0.717) is 13.2 Å². The molecule has 0 radical (unpaired) electrons. The zero-order valence-corrected chi connectivity index (χ0v) is 12.4. The van der Waals surface area contributed by atoms with E-state index in [1.807, 2.05) is 37.3 Å². The van der Waals surface area contributed by atoms with Crippen molar-refractivity contribution >= 4 is 12.0 Å². The molecule has 0 saturated carbocycles. The van der Waals surface area contributed by atoms with Crippen LogP contribution < -0.4 is 5.32 Å². The second kappa shape index (κ2) is 8.97. The smallest absolute Gasteiger partial charge is 0.317 e. The van der Waals surface area contributed by atoms with Gasteiger partial charge >= 0.3 is 12.0 Å². The highest BCUT2D eigenvalue weighted by molar-refractivity contribution is 5.75. The topological polar surface area (TPSA) is 78.9 Å². The van der Waals surface area contributed by atoms with Crippen molar-refractivity contribution in [3.05, 3.63) is 35.9 Å². The number of carboxylic acid groups (broad SMARTS) is 1. The van der Waals surface area contributed by atoms with E-state index in [1.165, 1.54) is 4.90 Å². The van der Waals surface area contributed by atoms with Crippen molar-refractivity contribution in [2.75, 3.05) is 20.2 Å². The lowest BCUT2D eigenvalue weighted by molar-refractivity contribution is -0.137. The van der Waals surface area contributed by atoms with Crippen LogP contribution in [0.4, 0.5) is 4.79 Å². The molecular weight excluding hydrogens is 272 g/mol. The second-order valence-corrected chi connectivity index (χ2v) is 4.92. The molecule has 0 aromatic heterocycles. The summed E-state index contributed by atoms with van der Waals surface area (Å²) in [7, 11) is 1.57. The van der Waals surface area contributed by atoms with Gasteiger partial charge < -0.3 is 20.1 Å². The minimum atomic E-state index is -0.922. The molecule has 0 bridgehead atoms. The van der Waals surface area contributed by atoms with Gasteiger partial charge in [0, 0.05) is 13.6 Å². The van der Waals surface area contributed by atoms with Gasteiger partial charge in [-0.05, 0) is 12.5 Å². The van der Waals surface area contributed by atoms with Crippen molar-refractivity contribution in [3.8, 4) is 0 Å². The fraction of sp³-hybridized carbons (Fsp3) is 0.467. The third-order valence-corrected chi connectivity index (χ3v) is 2.86. The van der Waals surface area contributed by atoms with E-state index in [2.05, 4.69) is 5.32 Å². The number of hydrogen-bond donors (Lipinski definition) is 2. The summed E-state index contributed by atoms with van der Waals surface area (Å²) in [6, 6.07) is 9.34. The van der Waals surface area contributed by atoms with Crippen LogP contribution in [0, 0.1) is 0 Å². The molecule has 21 heavy (non-hydrogen) atoms. The van der Waals surface area contributed by atoms with Gasteiger partial charge in [-0.2, -0.15) is 0 Å². The number of nitrogens with one attached hydrogen (secondary N) is 1. The first-order chi connectivity index (χ1) is 9.99. The highest BCUT2D eigenvalue weighted by Gasteiger charge is 2.12. The lowest BCUT2D eigenvalue weighted by atomic mass is 10.2. The highest BCUT2D eigenvalue weighted by atomic mass is 16.5. The Kier molecular flexibility index (Phi) is 7.25. The minimum Gasteiger partial charge on any atom is -0.481 e. The monoisotopic (exact) mass is 294 g/mol. The van der Waals surface area contributed by atoms with E-state index in [9.17, 15) is 9.59 Å². The van der Waals surface area contributed by atoms with Crippen molar-refractivity contribution in [2.24, 2.45) is 0 Å². The predicted molar refractivity (Wildman–Crippen MR) is 79.0 cm³/mol. The van der Waals surface area contributed by atoms with Crippen molar-refractivity contribution in [1.29, 1.82) is 0 Å². The summed E-state index contributed by atoms with van der Waals surface area (Å²) in [5.41, 5.74) is 1.08. The summed E-state index contributed by atoms with van der Waals surface area (Å²) in [5, 5.41) is 11.3. The molecule has 0 aliphatic heterocycles. The van der Waals surface area contributed by atoms with Crippen molar-refractivity contribution in [3.63, 3.8) is 0 Å². The van der Waals surface area contributed by atoms with Gasteiger partial charge in [0.05, 0.1) is 25.7 Å². The molecule has 1 atom stereocenters. The van der Waals surface area contributed by atoms with E-state index >= 15 is 0 Å². The Morgan fingerprint density at radius 3 is 2.62 bits per heavy atom. The van der Waals surface area contributed by atoms with E-state index in [4.69, 9.17) is 9.84 Å². The van der Waals surface area contributed by atoms with Crippen LogP contribution >= 0.6 is 0 Å². The van der Waals surface area contributed by atoms with Gasteiger partial charge in [0.2, 0.25) is 0 Å². The summed E-state index contributed by atoms with van der Waals surface area (Å²) >= 11 is 0. The largest absolute Gasteiger partial charge is 0.481 e. The van der Waals surface area contributed by atoms with E-state index in [1.54, 1.807) is 7.05 Å². The molecule has 1 unspecified atom stereocenters. The number of carbonyl (C=O) groups is 2. The molecule has 0 heterocycles. The average molecular weight is 294 g/mol. The number of carbonyl (C=O) groups excluding carboxylic acids is 1. The van der Waals surface area contributed by atoms with Crippen LogP contribution in [0.2, 0.25) is 0 Å². The van der Waals surface area contributed by atoms with E-state index < -0.39 is 5.97 Å². The zero-order valence-electron chi connectivity index (χ0n) is 12.4. The zero-order chi connectivity index (χ0) is 15.7. The molecule has 6 heteroatoms. The Morgan fingerprint density at radius 2 is 2.00 bits per heavy atom. The van der Waals surface area contributed by atoms with Gasteiger partial charge in [0.25, 0.3) is 0 Å². The molecule has 0 spiro atoms. The first kappa shape index (κ1) is 17.0. The normalized spacial score (nSPS) is 11.7. The third-order valence-electron chi connectivity index (χ3n) is 2.86. The maximum Gasteiger partial charge on any atom is 0.317 e. The van der Waals surface area contributed by atoms with Crippen LogP contribution in [-0.4, -0.2) is 48.2 Å². The number of hydrogen-bond acceptors (Lipinski definition) is 3. The molecular formula is C15H22N2O4. The van der Waals surface area contributed by atoms with Crippen molar-refractivity contribution in [2.45, 2.75) is 26.0 Å². The number of carboxylic acids is 1. The quantitative estimate of drug-likeness (QED) is 0.765. The van der Waals surface area contributed by atoms with Crippen LogP contribution in [0.3, 0.4) is 0 Å². The minimum absolute atomic E-state index is 0.0667. The molecule has 2 amide bonds. The van der Waals surface area contributed by atoms with Gasteiger partial charge in [0.1, 0.15) is 0 Å². The number of rotatable bonds is 8. The maximum absolute atomic E-state index is 11.8. The SMILES string of the molecule is CC(COCc1ccccc1)NC(=O)N(C)CCC(=O)O. The molecule has 1 aromatic carbocycles. The number of ether oxygens (including phenoxy) is 1. The second-order valence-electron chi connectivity index (χ2n) is 4.92. The number of nitrogens with zero attached hydrogens (tertiary/aromatic N) is 1. The van der Waals surface area contributed by atoms with Gasteiger partial charge in [-0.15, -0.1) is 0 Å². The molecule has 1 rings (SSSR count). The molecule has 0 aliphatic carbocycles. The molecule has 0 fully saturated rings. The molecule has 0 saturated heterocycles. The van der Waals surface area contributed by atoms with Crippen molar-refractivity contribution < 1.29 is 19.4 Å². The summed E-state index contributed by atoms with van der Waals surface area (Å²) in [4.78, 5) is 23.6. The van der Waals surface area contributed by atoms with Crippen LogP contribution in [0.1, 0.15) is 18.9 Å². The molecule has 0 aliphatic rings. The first-order valence-electron chi connectivity index (χ1n) is 6.84. The Balaban J connectivity index is 2.21. The fourth-order valence-electron chi connectivity index (χ4n) is 1.66. The highest BCUT2D eigenvalue weighted by Crippen LogP contribution is 2.01. The number of amides is 2. The summed E-state index contributed by atoms with van der Waals surface area (Å²) in [6.45, 7) is 2.91. The van der Waals surface area contributed by atoms with Gasteiger partial charge in [-0.25, -0.2) is 4.79 Å². The van der Waals surface area contributed by atoms with Gasteiger partial charge in [0.15, 0.2) is 0 Å². The van der Waals surface area contributed by atoms with E-state index in [-0.39, 0.29) is 25.0 Å². The number of urea groups is 1. The van der Waals surface area contributed by atoms with Gasteiger partial charge in [-0.1, -0.05) is 30.3 Å². The first-order valence-corrected chi connectivity index (χ1v) is 6.84. The molecule has 116 valence electrons. The number of benzene rings is 1. The summed E-state index contributed by atoms with van der Waals surface area (Å²) in [6.07, 6.45) is -0.0667. The van der Waals surface area contributed by atoms with Crippen molar-refractivity contribution in [1.82, 2.24) is 10.2 Å². The standard InChI is InChI=1S/C15H22N2O4/c1-12(10-21-11-13-6-4-3-5-7-13)16-15(20)17(2)9-8-14(18)19/h3-7,12H,8-11H2,1-2H3,(H,16,20)(H,18,19). The predicted octanol–water partition coefficient (Wildman–Crippen LogP) is 1.71. The Morgan fingerprint density at radius 1 is 1.33 bits per heavy atom. The molecule has 6 nitrogen and oxygen atoms in total. The lowest BCUT2D eigenvalue weighted by Crippen LogP contribution is -2.44. The molecule has 2 N–H and O–H groups in total. The average Bonchev–Trinajstić information content (AvgIpc) is 2.45. The Bertz CT molecular complexity index is 450. The van der Waals surface area contributed by atoms with Crippen LogP contribution in [-0.2, 0) is 16.1 Å². The molecule has 1 aromatic rings. The Hall–Kier alpha value is -2.08. The number of aliphatic carboxylic acids is 1. The van der Waals surface area contributed by atoms with Crippen LogP contribution in [0.15, 0.2) is 30.3 Å². The summed E-state index contributed by atoms with van der Waals surface area (Å²) in [5.74, 6) is -0.922. The third kappa shape index (κ3) is 7.31. The van der Waals surface area contributed by atoms with Gasteiger partial charge in [-0.3, -0.25) is 4.79 Å². The van der Waals surface area contributed by atoms with E-state index in [0.717, 1.165) is 5.56 Å². The summed E-state index contributed by atoms with van der Waals surface area (Å²) < 4.78 is 5.53.